The molecule has 5 nitrogen and oxygen atoms in total. The first kappa shape index (κ1) is 19.4. The summed E-state index contributed by atoms with van der Waals surface area (Å²) >= 11 is 0. The molecule has 0 fully saturated rings. The molecule has 11 heteroatoms. The molecule has 28 heavy (non-hydrogen) atoms. The first-order valence-corrected chi connectivity index (χ1v) is 7.50. The summed E-state index contributed by atoms with van der Waals surface area (Å²) in [6.07, 6.45) is -9.04. The number of aromatic carboxylic acids is 1. The van der Waals surface area contributed by atoms with E-state index in [1.165, 1.54) is 24.3 Å². The highest BCUT2D eigenvalue weighted by Crippen LogP contribution is 2.37. The molecule has 1 N–H and O–H groups in total. The molecule has 0 amide bonds. The van der Waals surface area contributed by atoms with Gasteiger partial charge in [-0.05, 0) is 30.3 Å². The van der Waals surface area contributed by atoms with Crippen LogP contribution in [-0.2, 0) is 12.4 Å². The van der Waals surface area contributed by atoms with Gasteiger partial charge in [-0.3, -0.25) is 0 Å². The van der Waals surface area contributed by atoms with Crippen LogP contribution in [0.3, 0.4) is 0 Å². The van der Waals surface area contributed by atoms with E-state index in [-0.39, 0.29) is 23.0 Å². The van der Waals surface area contributed by atoms with Gasteiger partial charge in [-0.25, -0.2) is 14.5 Å². The van der Waals surface area contributed by atoms with E-state index in [1.54, 1.807) is 0 Å². The largest absolute Gasteiger partial charge is 0.478 e. The first-order chi connectivity index (χ1) is 12.9. The Balaban J connectivity index is 2.08. The number of aromatic nitrogens is 3. The predicted octanol–water partition coefficient (Wildman–Crippen LogP) is 4.67. The lowest BCUT2D eigenvalue weighted by Gasteiger charge is -2.13. The van der Waals surface area contributed by atoms with E-state index in [0.29, 0.717) is 12.1 Å². The van der Waals surface area contributed by atoms with Crippen LogP contribution in [0.25, 0.3) is 17.1 Å². The number of rotatable bonds is 3. The van der Waals surface area contributed by atoms with E-state index in [9.17, 15) is 31.1 Å². The summed E-state index contributed by atoms with van der Waals surface area (Å²) in [5, 5.41) is 12.9. The Morgan fingerprint density at radius 1 is 0.929 bits per heavy atom. The van der Waals surface area contributed by atoms with Crippen molar-refractivity contribution in [1.29, 1.82) is 0 Å². The van der Waals surface area contributed by atoms with Crippen molar-refractivity contribution in [3.8, 4) is 17.1 Å². The van der Waals surface area contributed by atoms with E-state index in [0.717, 1.165) is 11.0 Å². The van der Waals surface area contributed by atoms with Crippen LogP contribution in [0.1, 0.15) is 21.5 Å². The molecule has 0 atom stereocenters. The number of alkyl halides is 6. The van der Waals surface area contributed by atoms with Gasteiger partial charge in [-0.15, -0.1) is 5.10 Å². The second-order valence-corrected chi connectivity index (χ2v) is 5.66. The molecule has 0 unspecified atom stereocenters. The first-order valence-electron chi connectivity index (χ1n) is 7.50. The fourth-order valence-corrected chi connectivity index (χ4v) is 2.38. The van der Waals surface area contributed by atoms with Gasteiger partial charge in [0.2, 0.25) is 0 Å². The molecule has 3 aromatic rings. The van der Waals surface area contributed by atoms with E-state index in [4.69, 9.17) is 5.11 Å². The average Bonchev–Trinajstić information content (AvgIpc) is 3.10. The lowest BCUT2D eigenvalue weighted by Crippen LogP contribution is -2.12. The smallest absolute Gasteiger partial charge is 0.416 e. The predicted molar refractivity (Wildman–Crippen MR) is 83.8 cm³/mol. The Hall–Kier alpha value is -3.37. The second-order valence-electron chi connectivity index (χ2n) is 5.66. The van der Waals surface area contributed by atoms with Crippen molar-refractivity contribution in [2.24, 2.45) is 0 Å². The maximum atomic E-state index is 13.0. The highest BCUT2D eigenvalue weighted by atomic mass is 19.4. The number of hydrogen-bond donors (Lipinski definition) is 1. The molecule has 146 valence electrons. The Morgan fingerprint density at radius 3 is 2.07 bits per heavy atom. The molecular weight excluding hydrogens is 392 g/mol. The topological polar surface area (TPSA) is 68.0 Å². The van der Waals surface area contributed by atoms with Crippen molar-refractivity contribution in [1.82, 2.24) is 14.8 Å². The van der Waals surface area contributed by atoms with Crippen LogP contribution in [0.4, 0.5) is 26.3 Å². The molecular formula is C17H9F6N3O2. The fraction of sp³-hybridized carbons (Fsp3) is 0.118. The molecule has 2 aromatic carbocycles. The minimum Gasteiger partial charge on any atom is -0.478 e. The van der Waals surface area contributed by atoms with Crippen LogP contribution in [0.15, 0.2) is 48.8 Å². The van der Waals surface area contributed by atoms with Crippen LogP contribution in [0.2, 0.25) is 0 Å². The molecule has 0 aliphatic rings. The normalized spacial score (nSPS) is 12.2. The summed E-state index contributed by atoms with van der Waals surface area (Å²) in [5.41, 5.74) is -3.30. The van der Waals surface area contributed by atoms with Crippen LogP contribution >= 0.6 is 0 Å². The van der Waals surface area contributed by atoms with Crippen LogP contribution in [0, 0.1) is 0 Å². The quantitative estimate of drug-likeness (QED) is 0.648. The summed E-state index contributed by atoms with van der Waals surface area (Å²) in [6.45, 7) is 0. The minimum absolute atomic E-state index is 0.0116. The van der Waals surface area contributed by atoms with Gasteiger partial charge in [0.1, 0.15) is 6.33 Å². The fourth-order valence-electron chi connectivity index (χ4n) is 2.38. The van der Waals surface area contributed by atoms with Gasteiger partial charge >= 0.3 is 18.3 Å². The van der Waals surface area contributed by atoms with Crippen molar-refractivity contribution in [3.05, 3.63) is 65.5 Å². The lowest BCUT2D eigenvalue weighted by atomic mass is 10.1. The van der Waals surface area contributed by atoms with Gasteiger partial charge in [0.25, 0.3) is 0 Å². The number of benzene rings is 2. The average molecular weight is 401 g/mol. The number of nitrogens with zero attached hydrogens (tertiary/aromatic N) is 3. The number of carbonyl (C=O) groups is 1. The van der Waals surface area contributed by atoms with Crippen molar-refractivity contribution in [2.75, 3.05) is 0 Å². The molecule has 3 rings (SSSR count). The Bertz CT molecular complexity index is 1010. The van der Waals surface area contributed by atoms with Crippen molar-refractivity contribution in [2.45, 2.75) is 12.4 Å². The maximum absolute atomic E-state index is 13.0. The van der Waals surface area contributed by atoms with Crippen LogP contribution < -0.4 is 0 Å². The van der Waals surface area contributed by atoms with Gasteiger partial charge in [0.05, 0.1) is 22.4 Å². The number of halogens is 6. The maximum Gasteiger partial charge on any atom is 0.416 e. The molecule has 0 aliphatic carbocycles. The molecule has 0 saturated heterocycles. The zero-order valence-corrected chi connectivity index (χ0v) is 13.6. The van der Waals surface area contributed by atoms with E-state index >= 15 is 0 Å². The number of carboxylic acids is 1. The van der Waals surface area contributed by atoms with E-state index in [2.05, 4.69) is 10.1 Å². The Morgan fingerprint density at radius 2 is 1.54 bits per heavy atom. The third kappa shape index (κ3) is 3.97. The lowest BCUT2D eigenvalue weighted by molar-refractivity contribution is -0.143. The van der Waals surface area contributed by atoms with E-state index in [1.807, 2.05) is 0 Å². The molecule has 1 heterocycles. The van der Waals surface area contributed by atoms with Crippen LogP contribution in [0.5, 0.6) is 0 Å². The third-order valence-corrected chi connectivity index (χ3v) is 3.70. The van der Waals surface area contributed by atoms with Crippen molar-refractivity contribution >= 4 is 5.97 Å². The molecule has 1 aromatic heterocycles. The highest BCUT2D eigenvalue weighted by Gasteiger charge is 2.37. The zero-order valence-electron chi connectivity index (χ0n) is 13.6. The van der Waals surface area contributed by atoms with Gasteiger partial charge in [0.15, 0.2) is 5.82 Å². The molecule has 0 aliphatic heterocycles. The molecule has 0 saturated carbocycles. The second kappa shape index (κ2) is 6.66. The number of carboxylic acid groups (broad SMARTS) is 1. The van der Waals surface area contributed by atoms with Gasteiger partial charge in [-0.1, -0.05) is 12.1 Å². The number of hydrogen-bond acceptors (Lipinski definition) is 3. The monoisotopic (exact) mass is 401 g/mol. The minimum atomic E-state index is -4.99. The summed E-state index contributed by atoms with van der Waals surface area (Å²) in [7, 11) is 0. The van der Waals surface area contributed by atoms with Gasteiger partial charge < -0.3 is 5.11 Å². The Kier molecular flexibility index (Phi) is 4.61. The summed E-state index contributed by atoms with van der Waals surface area (Å²) < 4.78 is 78.6. The summed E-state index contributed by atoms with van der Waals surface area (Å²) in [6, 6.07) is 6.45. The SMILES string of the molecule is O=C(O)c1cccc(-c2ncn(-c3cc(C(F)(F)F)cc(C(F)(F)F)c3)n2)c1. The molecule has 0 bridgehead atoms. The van der Waals surface area contributed by atoms with Gasteiger partial charge in [-0.2, -0.15) is 26.3 Å². The van der Waals surface area contributed by atoms with Crippen molar-refractivity contribution < 1.29 is 36.2 Å². The standard InChI is InChI=1S/C17H9F6N3O2/c18-16(19,20)11-5-12(17(21,22)23)7-13(6-11)26-8-24-14(25-26)9-2-1-3-10(4-9)15(27)28/h1-8H,(H,27,28). The zero-order chi connectivity index (χ0) is 20.7. The molecule has 0 radical (unpaired) electrons. The third-order valence-electron chi connectivity index (χ3n) is 3.70. The van der Waals surface area contributed by atoms with Crippen LogP contribution in [-0.4, -0.2) is 25.8 Å². The highest BCUT2D eigenvalue weighted by molar-refractivity contribution is 5.89. The van der Waals surface area contributed by atoms with Gasteiger partial charge in [0, 0.05) is 5.56 Å². The van der Waals surface area contributed by atoms with Crippen molar-refractivity contribution in [3.63, 3.8) is 0 Å². The summed E-state index contributed by atoms with van der Waals surface area (Å²) in [4.78, 5) is 14.9. The molecule has 0 spiro atoms. The summed E-state index contributed by atoms with van der Waals surface area (Å²) in [5.74, 6) is -1.27. The van der Waals surface area contributed by atoms with E-state index < -0.39 is 35.1 Å². The Labute approximate surface area is 152 Å².